The van der Waals surface area contributed by atoms with Crippen molar-refractivity contribution >= 4 is 51.1 Å². The maximum absolute atomic E-state index is 13.2. The molecule has 1 amide bonds. The number of aldehydes is 1. The van der Waals surface area contributed by atoms with Crippen LogP contribution in [-0.4, -0.2) is 17.1 Å². The highest BCUT2D eigenvalue weighted by molar-refractivity contribution is 9.10. The highest BCUT2D eigenvalue weighted by atomic mass is 79.9. The lowest BCUT2D eigenvalue weighted by Crippen LogP contribution is -2.25. The van der Waals surface area contributed by atoms with Gasteiger partial charge in [-0.25, -0.2) is 0 Å². The van der Waals surface area contributed by atoms with Crippen molar-refractivity contribution in [1.82, 2.24) is 0 Å². The third-order valence-electron chi connectivity index (χ3n) is 4.52. The van der Waals surface area contributed by atoms with Crippen molar-refractivity contribution in [3.63, 3.8) is 0 Å². The number of rotatable bonds is 5. The molecule has 1 aromatic heterocycles. The number of fused-ring (bicyclic) bond motifs is 1. The molecular formula is C21H13BrN2O5. The Labute approximate surface area is 173 Å². The molecule has 0 saturated carbocycles. The number of hydrogen-bond acceptors (Lipinski definition) is 5. The highest BCUT2D eigenvalue weighted by Crippen LogP contribution is 2.40. The molecule has 1 aliphatic heterocycles. The Hall–Kier alpha value is -3.52. The molecular weight excluding hydrogens is 440 g/mol. The first-order chi connectivity index (χ1) is 14.0. The highest BCUT2D eigenvalue weighted by Gasteiger charge is 2.33. The summed E-state index contributed by atoms with van der Waals surface area (Å²) in [5, 5.41) is 11.0. The van der Waals surface area contributed by atoms with E-state index in [1.165, 1.54) is 12.1 Å². The largest absolute Gasteiger partial charge is 0.456 e. The topological polar surface area (TPSA) is 93.7 Å². The molecule has 2 aromatic carbocycles. The number of furan rings is 1. The van der Waals surface area contributed by atoms with Gasteiger partial charge in [-0.15, -0.1) is 0 Å². The summed E-state index contributed by atoms with van der Waals surface area (Å²) in [5.41, 5.74) is 2.32. The molecule has 0 spiro atoms. The molecule has 29 heavy (non-hydrogen) atoms. The maximum atomic E-state index is 13.2. The normalized spacial score (nSPS) is 14.3. The smallest absolute Gasteiger partial charge is 0.270 e. The van der Waals surface area contributed by atoms with Crippen molar-refractivity contribution in [2.24, 2.45) is 0 Å². The second-order valence-electron chi connectivity index (χ2n) is 6.38. The quantitative estimate of drug-likeness (QED) is 0.238. The van der Waals surface area contributed by atoms with Gasteiger partial charge in [-0.05, 0) is 42.0 Å². The first-order valence-corrected chi connectivity index (χ1v) is 9.37. The van der Waals surface area contributed by atoms with Gasteiger partial charge in [0.25, 0.3) is 11.6 Å². The summed E-state index contributed by atoms with van der Waals surface area (Å²) >= 11 is 3.42. The number of anilines is 1. The van der Waals surface area contributed by atoms with E-state index in [9.17, 15) is 19.7 Å². The number of hydrogen-bond donors (Lipinski definition) is 0. The lowest BCUT2D eigenvalue weighted by atomic mass is 10.0. The fourth-order valence-electron chi connectivity index (χ4n) is 3.22. The van der Waals surface area contributed by atoms with Crippen molar-refractivity contribution in [1.29, 1.82) is 0 Å². The van der Waals surface area contributed by atoms with E-state index in [2.05, 4.69) is 15.9 Å². The Morgan fingerprint density at radius 3 is 2.69 bits per heavy atom. The van der Waals surface area contributed by atoms with Gasteiger partial charge in [-0.1, -0.05) is 28.1 Å². The van der Waals surface area contributed by atoms with E-state index in [4.69, 9.17) is 4.42 Å². The van der Waals surface area contributed by atoms with E-state index < -0.39 is 4.92 Å². The van der Waals surface area contributed by atoms with Crippen molar-refractivity contribution < 1.29 is 18.9 Å². The van der Waals surface area contributed by atoms with Gasteiger partial charge < -0.3 is 9.32 Å². The van der Waals surface area contributed by atoms with Gasteiger partial charge in [-0.2, -0.15) is 0 Å². The Morgan fingerprint density at radius 1 is 1.14 bits per heavy atom. The van der Waals surface area contributed by atoms with Crippen molar-refractivity contribution in [2.45, 2.75) is 6.54 Å². The maximum Gasteiger partial charge on any atom is 0.270 e. The second-order valence-corrected chi connectivity index (χ2v) is 7.30. The van der Waals surface area contributed by atoms with Crippen LogP contribution in [0.1, 0.15) is 27.4 Å². The van der Waals surface area contributed by atoms with Crippen molar-refractivity contribution in [3.8, 4) is 0 Å². The zero-order valence-electron chi connectivity index (χ0n) is 14.9. The number of benzene rings is 2. The number of carbonyl (C=O) groups is 2. The molecule has 4 rings (SSSR count). The number of amides is 1. The summed E-state index contributed by atoms with van der Waals surface area (Å²) in [6, 6.07) is 14.8. The monoisotopic (exact) mass is 452 g/mol. The van der Waals surface area contributed by atoms with Crippen LogP contribution in [0.2, 0.25) is 0 Å². The summed E-state index contributed by atoms with van der Waals surface area (Å²) in [7, 11) is 0. The van der Waals surface area contributed by atoms with Gasteiger partial charge >= 0.3 is 0 Å². The Kier molecular flexibility index (Phi) is 4.85. The van der Waals surface area contributed by atoms with Crippen LogP contribution in [0.3, 0.4) is 0 Å². The van der Waals surface area contributed by atoms with E-state index in [0.717, 1.165) is 4.47 Å². The third kappa shape index (κ3) is 3.62. The van der Waals surface area contributed by atoms with Gasteiger partial charge in [-0.3, -0.25) is 19.7 Å². The van der Waals surface area contributed by atoms with Crippen LogP contribution in [0, 0.1) is 10.1 Å². The van der Waals surface area contributed by atoms with E-state index in [1.54, 1.807) is 35.2 Å². The molecule has 0 aliphatic carbocycles. The van der Waals surface area contributed by atoms with Crippen LogP contribution in [0.4, 0.5) is 11.4 Å². The van der Waals surface area contributed by atoms with Gasteiger partial charge in [0, 0.05) is 27.7 Å². The van der Waals surface area contributed by atoms with Gasteiger partial charge in [0.1, 0.15) is 5.76 Å². The van der Waals surface area contributed by atoms with Crippen LogP contribution in [0.15, 0.2) is 63.5 Å². The zero-order chi connectivity index (χ0) is 20.5. The summed E-state index contributed by atoms with van der Waals surface area (Å²) in [6.07, 6.45) is 2.24. The molecule has 0 N–H and O–H groups in total. The molecule has 8 heteroatoms. The second kappa shape index (κ2) is 7.48. The predicted octanol–water partition coefficient (Wildman–Crippen LogP) is 4.85. The number of nitrogens with zero attached hydrogens (tertiary/aromatic N) is 2. The minimum absolute atomic E-state index is 0.0481. The van der Waals surface area contributed by atoms with Crippen LogP contribution in [0.25, 0.3) is 11.6 Å². The summed E-state index contributed by atoms with van der Waals surface area (Å²) in [5.74, 6) is 0.412. The van der Waals surface area contributed by atoms with Crippen LogP contribution >= 0.6 is 15.9 Å². The Morgan fingerprint density at radius 2 is 1.97 bits per heavy atom. The molecule has 0 atom stereocenters. The van der Waals surface area contributed by atoms with Crippen molar-refractivity contribution in [3.05, 3.63) is 91.8 Å². The number of nitro benzene ring substituents is 1. The first-order valence-electron chi connectivity index (χ1n) is 8.58. The molecule has 2 heterocycles. The van der Waals surface area contributed by atoms with Crippen LogP contribution in [0.5, 0.6) is 0 Å². The average molecular weight is 453 g/mol. The lowest BCUT2D eigenvalue weighted by Gasteiger charge is -2.15. The minimum Gasteiger partial charge on any atom is -0.456 e. The molecule has 0 bridgehead atoms. The SMILES string of the molecule is O=Cc1ccc(CN2C(=O)/C(=C\c3cccc([N+](=O)[O-])c3)c3cc(Br)ccc32)o1. The number of non-ortho nitro benzene ring substituents is 1. The van der Waals surface area contributed by atoms with E-state index in [0.29, 0.717) is 34.4 Å². The van der Waals surface area contributed by atoms with E-state index in [-0.39, 0.29) is 23.9 Å². The number of nitro groups is 1. The average Bonchev–Trinajstić information content (AvgIpc) is 3.26. The van der Waals surface area contributed by atoms with Crippen LogP contribution in [-0.2, 0) is 11.3 Å². The van der Waals surface area contributed by atoms with Gasteiger partial charge in [0.15, 0.2) is 12.0 Å². The van der Waals surface area contributed by atoms with Crippen molar-refractivity contribution in [2.75, 3.05) is 4.90 Å². The first kappa shape index (κ1) is 18.8. The summed E-state index contributed by atoms with van der Waals surface area (Å²) in [6.45, 7) is 0.160. The zero-order valence-corrected chi connectivity index (χ0v) is 16.5. The molecule has 0 fully saturated rings. The lowest BCUT2D eigenvalue weighted by molar-refractivity contribution is -0.384. The Bertz CT molecular complexity index is 1180. The minimum atomic E-state index is -0.475. The number of halogens is 1. The van der Waals surface area contributed by atoms with Gasteiger partial charge in [0.2, 0.25) is 0 Å². The van der Waals surface area contributed by atoms with Gasteiger partial charge in [0.05, 0.1) is 17.2 Å². The molecule has 0 saturated heterocycles. The molecule has 0 radical (unpaired) electrons. The van der Waals surface area contributed by atoms with E-state index >= 15 is 0 Å². The molecule has 1 aliphatic rings. The molecule has 0 unspecified atom stereocenters. The predicted molar refractivity (Wildman–Crippen MR) is 110 cm³/mol. The number of carbonyl (C=O) groups excluding carboxylic acids is 2. The molecule has 7 nitrogen and oxygen atoms in total. The summed E-state index contributed by atoms with van der Waals surface area (Å²) in [4.78, 5) is 36.2. The molecule has 3 aromatic rings. The van der Waals surface area contributed by atoms with E-state index in [1.807, 2.05) is 18.2 Å². The molecule has 144 valence electrons. The summed E-state index contributed by atoms with van der Waals surface area (Å²) < 4.78 is 6.21. The Balaban J connectivity index is 1.76. The third-order valence-corrected chi connectivity index (χ3v) is 5.01. The fraction of sp³-hybridized carbons (Fsp3) is 0.0476. The van der Waals surface area contributed by atoms with Crippen LogP contribution < -0.4 is 4.90 Å². The standard InChI is InChI=1S/C21H13BrN2O5/c22-14-4-7-20-18(10-14)19(9-13-2-1-3-15(8-13)24(27)28)21(26)23(20)11-16-5-6-17(12-25)29-16/h1-10,12H,11H2/b19-9-. The fourth-order valence-corrected chi connectivity index (χ4v) is 3.58.